The molecule has 174 valence electrons. The van der Waals surface area contributed by atoms with E-state index in [-0.39, 0.29) is 24.0 Å². The summed E-state index contributed by atoms with van der Waals surface area (Å²) in [5.41, 5.74) is 4.94. The monoisotopic (exact) mass is 468 g/mol. The second kappa shape index (κ2) is 10.3. The van der Waals surface area contributed by atoms with Gasteiger partial charge in [-0.2, -0.15) is 4.31 Å². The van der Waals surface area contributed by atoms with Crippen molar-refractivity contribution < 1.29 is 17.6 Å². The topological polar surface area (TPSA) is 66.5 Å². The summed E-state index contributed by atoms with van der Waals surface area (Å²) in [7, 11) is -3.95. The Bertz CT molecular complexity index is 1230. The fraction of sp³-hybridized carbons (Fsp3) is 0.269. The number of carbonyl (C=O) groups is 1. The summed E-state index contributed by atoms with van der Waals surface area (Å²) in [5, 5.41) is 2.93. The lowest BCUT2D eigenvalue weighted by Gasteiger charge is -2.24. The van der Waals surface area contributed by atoms with Crippen LogP contribution < -0.4 is 5.32 Å². The van der Waals surface area contributed by atoms with Crippen LogP contribution in [0.25, 0.3) is 0 Å². The molecule has 0 spiro atoms. The van der Waals surface area contributed by atoms with Crippen LogP contribution in [0.1, 0.15) is 40.8 Å². The zero-order valence-corrected chi connectivity index (χ0v) is 20.1. The lowest BCUT2D eigenvalue weighted by molar-refractivity contribution is -0.122. The van der Waals surface area contributed by atoms with E-state index in [0.29, 0.717) is 5.56 Å². The molecule has 0 bridgehead atoms. The van der Waals surface area contributed by atoms with Gasteiger partial charge in [-0.05, 0) is 79.8 Å². The minimum absolute atomic E-state index is 0.0536. The number of benzene rings is 3. The Hall–Kier alpha value is -3.03. The minimum atomic E-state index is -3.95. The summed E-state index contributed by atoms with van der Waals surface area (Å²) in [5.74, 6) is -0.826. The zero-order valence-electron chi connectivity index (χ0n) is 19.3. The quantitative estimate of drug-likeness (QED) is 0.516. The molecule has 0 saturated heterocycles. The largest absolute Gasteiger partial charge is 0.348 e. The van der Waals surface area contributed by atoms with Crippen molar-refractivity contribution in [3.63, 3.8) is 0 Å². The summed E-state index contributed by atoms with van der Waals surface area (Å²) in [6.45, 7) is 7.52. The van der Waals surface area contributed by atoms with Crippen molar-refractivity contribution in [1.82, 2.24) is 9.62 Å². The number of nitrogens with one attached hydrogen (secondary N) is 1. The molecule has 0 aromatic heterocycles. The molecule has 0 aliphatic rings. The third kappa shape index (κ3) is 6.06. The first kappa shape index (κ1) is 24.6. The Morgan fingerprint density at radius 3 is 2.18 bits per heavy atom. The highest BCUT2D eigenvalue weighted by atomic mass is 32.2. The first-order valence-corrected chi connectivity index (χ1v) is 12.2. The predicted molar refractivity (Wildman–Crippen MR) is 128 cm³/mol. The number of aryl methyl sites for hydroxylation is 3. The van der Waals surface area contributed by atoms with Gasteiger partial charge in [0.25, 0.3) is 0 Å². The second-order valence-corrected chi connectivity index (χ2v) is 10.2. The van der Waals surface area contributed by atoms with Crippen LogP contribution in [0.5, 0.6) is 0 Å². The van der Waals surface area contributed by atoms with E-state index in [9.17, 15) is 17.6 Å². The van der Waals surface area contributed by atoms with Crippen LogP contribution in [0, 0.1) is 26.6 Å². The standard InChI is InChI=1S/C26H29FN2O3S/c1-18-14-20(3)25(15-19(18)2)21(4)28-26(30)17-29(16-22-10-12-23(27)13-11-22)33(31,32)24-8-6-5-7-9-24/h5-15,21H,16-17H2,1-4H3,(H,28,30). The fourth-order valence-electron chi connectivity index (χ4n) is 3.74. The van der Waals surface area contributed by atoms with E-state index in [1.807, 2.05) is 33.8 Å². The summed E-state index contributed by atoms with van der Waals surface area (Å²) >= 11 is 0. The third-order valence-electron chi connectivity index (χ3n) is 5.70. The minimum Gasteiger partial charge on any atom is -0.348 e. The maximum atomic E-state index is 13.3. The summed E-state index contributed by atoms with van der Waals surface area (Å²) in [4.78, 5) is 13.0. The van der Waals surface area contributed by atoms with Crippen molar-refractivity contribution >= 4 is 15.9 Å². The van der Waals surface area contributed by atoms with Crippen molar-refractivity contribution in [3.8, 4) is 0 Å². The SMILES string of the molecule is Cc1cc(C)c(C(C)NC(=O)CN(Cc2ccc(F)cc2)S(=O)(=O)c2ccccc2)cc1C. The van der Waals surface area contributed by atoms with E-state index in [1.165, 1.54) is 42.0 Å². The number of sulfonamides is 1. The van der Waals surface area contributed by atoms with Crippen LogP contribution in [-0.2, 0) is 21.4 Å². The van der Waals surface area contributed by atoms with Gasteiger partial charge in [0.1, 0.15) is 5.82 Å². The van der Waals surface area contributed by atoms with Gasteiger partial charge < -0.3 is 5.32 Å². The van der Waals surface area contributed by atoms with E-state index in [2.05, 4.69) is 11.4 Å². The zero-order chi connectivity index (χ0) is 24.2. The average Bonchev–Trinajstić information content (AvgIpc) is 2.77. The van der Waals surface area contributed by atoms with Crippen molar-refractivity contribution in [2.24, 2.45) is 0 Å². The first-order chi connectivity index (χ1) is 15.6. The number of rotatable bonds is 8. The molecule has 7 heteroatoms. The van der Waals surface area contributed by atoms with Gasteiger partial charge in [0, 0.05) is 6.54 Å². The molecule has 0 saturated carbocycles. The number of carbonyl (C=O) groups excluding carboxylic acids is 1. The Morgan fingerprint density at radius 1 is 0.939 bits per heavy atom. The lowest BCUT2D eigenvalue weighted by Crippen LogP contribution is -2.41. The molecule has 33 heavy (non-hydrogen) atoms. The van der Waals surface area contributed by atoms with Crippen molar-refractivity contribution in [3.05, 3.63) is 100 Å². The maximum absolute atomic E-state index is 13.3. The number of hydrogen-bond acceptors (Lipinski definition) is 3. The van der Waals surface area contributed by atoms with Crippen molar-refractivity contribution in [2.75, 3.05) is 6.54 Å². The molecule has 3 aromatic rings. The molecule has 0 radical (unpaired) electrons. The summed E-state index contributed by atoms with van der Waals surface area (Å²) < 4.78 is 41.0. The van der Waals surface area contributed by atoms with Crippen molar-refractivity contribution in [2.45, 2.75) is 45.2 Å². The average molecular weight is 469 g/mol. The lowest BCUT2D eigenvalue weighted by atomic mass is 9.96. The molecular weight excluding hydrogens is 439 g/mol. The van der Waals surface area contributed by atoms with E-state index in [1.54, 1.807) is 18.2 Å². The molecule has 0 aliphatic heterocycles. The van der Waals surface area contributed by atoms with Gasteiger partial charge in [0.15, 0.2) is 0 Å². The van der Waals surface area contributed by atoms with Gasteiger partial charge in [-0.25, -0.2) is 12.8 Å². The predicted octanol–water partition coefficient (Wildman–Crippen LogP) is 4.82. The molecule has 1 atom stereocenters. The van der Waals surface area contributed by atoms with E-state index < -0.39 is 21.7 Å². The second-order valence-electron chi connectivity index (χ2n) is 8.29. The highest BCUT2D eigenvalue weighted by molar-refractivity contribution is 7.89. The summed E-state index contributed by atoms with van der Waals surface area (Å²) in [6, 6.07) is 17.4. The normalized spacial score (nSPS) is 12.5. The van der Waals surface area contributed by atoms with Crippen LogP contribution in [-0.4, -0.2) is 25.2 Å². The van der Waals surface area contributed by atoms with Crippen molar-refractivity contribution in [1.29, 1.82) is 0 Å². The van der Waals surface area contributed by atoms with Gasteiger partial charge in [-0.1, -0.05) is 42.5 Å². The Labute approximate surface area is 195 Å². The molecule has 3 rings (SSSR count). The number of hydrogen-bond donors (Lipinski definition) is 1. The molecule has 0 heterocycles. The van der Waals surface area contributed by atoms with Gasteiger partial charge in [0.05, 0.1) is 17.5 Å². The molecule has 0 fully saturated rings. The van der Waals surface area contributed by atoms with E-state index >= 15 is 0 Å². The van der Waals surface area contributed by atoms with Gasteiger partial charge in [0.2, 0.25) is 15.9 Å². The first-order valence-electron chi connectivity index (χ1n) is 10.7. The van der Waals surface area contributed by atoms with E-state index in [0.717, 1.165) is 21.0 Å². The van der Waals surface area contributed by atoms with E-state index in [4.69, 9.17) is 0 Å². The Morgan fingerprint density at radius 2 is 1.55 bits per heavy atom. The fourth-order valence-corrected chi connectivity index (χ4v) is 5.14. The highest BCUT2D eigenvalue weighted by Crippen LogP contribution is 2.22. The number of halogens is 1. The van der Waals surface area contributed by atoms with Crippen LogP contribution >= 0.6 is 0 Å². The smallest absolute Gasteiger partial charge is 0.243 e. The van der Waals surface area contributed by atoms with Crippen LogP contribution in [0.3, 0.4) is 0 Å². The van der Waals surface area contributed by atoms with Gasteiger partial charge in [-0.15, -0.1) is 0 Å². The molecule has 1 unspecified atom stereocenters. The van der Waals surface area contributed by atoms with Crippen LogP contribution in [0.4, 0.5) is 4.39 Å². The molecule has 0 aliphatic carbocycles. The third-order valence-corrected chi connectivity index (χ3v) is 7.51. The number of nitrogens with zero attached hydrogens (tertiary/aromatic N) is 1. The van der Waals surface area contributed by atoms with Crippen LogP contribution in [0.15, 0.2) is 71.6 Å². The Kier molecular flexibility index (Phi) is 7.66. The van der Waals surface area contributed by atoms with Crippen LogP contribution in [0.2, 0.25) is 0 Å². The highest BCUT2D eigenvalue weighted by Gasteiger charge is 2.27. The molecular formula is C26H29FN2O3S. The maximum Gasteiger partial charge on any atom is 0.243 e. The molecule has 1 N–H and O–H groups in total. The van der Waals surface area contributed by atoms with Gasteiger partial charge in [-0.3, -0.25) is 4.79 Å². The Balaban J connectivity index is 1.84. The van der Waals surface area contributed by atoms with Gasteiger partial charge >= 0.3 is 0 Å². The molecule has 5 nitrogen and oxygen atoms in total. The molecule has 1 amide bonds. The summed E-state index contributed by atoms with van der Waals surface area (Å²) in [6.07, 6.45) is 0. The number of amides is 1. The molecule has 3 aromatic carbocycles.